The maximum Gasteiger partial charge on any atom is 0.270 e. The van der Waals surface area contributed by atoms with Crippen LogP contribution in [0.4, 0.5) is 16.6 Å². The highest BCUT2D eigenvalue weighted by Gasteiger charge is 2.24. The van der Waals surface area contributed by atoms with E-state index in [2.05, 4.69) is 25.1 Å². The summed E-state index contributed by atoms with van der Waals surface area (Å²) in [7, 11) is 0. The van der Waals surface area contributed by atoms with Gasteiger partial charge in [0, 0.05) is 37.9 Å². The molecule has 3 aromatic heterocycles. The molecule has 1 unspecified atom stereocenters. The number of hydrogen-bond donors (Lipinski definition) is 3. The molecule has 1 amide bonds. The lowest BCUT2D eigenvalue weighted by Crippen LogP contribution is -2.40. The third-order valence-electron chi connectivity index (χ3n) is 6.20. The summed E-state index contributed by atoms with van der Waals surface area (Å²) < 4.78 is 10.8. The normalized spacial score (nSPS) is 17.6. The Balaban J connectivity index is 1.36. The van der Waals surface area contributed by atoms with E-state index in [1.54, 1.807) is 12.3 Å². The fourth-order valence-corrected chi connectivity index (χ4v) is 5.26. The van der Waals surface area contributed by atoms with Gasteiger partial charge in [-0.3, -0.25) is 9.69 Å². The van der Waals surface area contributed by atoms with E-state index in [4.69, 9.17) is 20.2 Å². The van der Waals surface area contributed by atoms with E-state index in [1.807, 2.05) is 24.3 Å². The monoisotopic (exact) mass is 511 g/mol. The summed E-state index contributed by atoms with van der Waals surface area (Å²) >= 11 is 1.31. The van der Waals surface area contributed by atoms with Crippen LogP contribution in [-0.2, 0) is 9.47 Å². The zero-order chi connectivity index (χ0) is 24.9. The zero-order valence-corrected chi connectivity index (χ0v) is 20.6. The number of morpholine rings is 2. The lowest BCUT2D eigenvalue weighted by Gasteiger charge is -2.33. The molecule has 190 valence electrons. The number of carbonyl (C=O) groups is 1. The Morgan fingerprint density at radius 1 is 1.08 bits per heavy atom. The standard InChI is InChI=1S/C24H29N7O4S/c25-22(33)21-24(28-19-3-1-2-17(27-19)18(15-32)30-6-10-34-11-7-30)36-23(29-21)16-4-5-20(26-14-16)31-8-12-35-13-9-31/h1-5,14,18,32H,6-13,15H2,(H2,25,33)(H,27,28). The quantitative estimate of drug-likeness (QED) is 0.409. The maximum absolute atomic E-state index is 12.2. The van der Waals surface area contributed by atoms with Crippen LogP contribution in [0.5, 0.6) is 0 Å². The first-order valence-electron chi connectivity index (χ1n) is 11.9. The van der Waals surface area contributed by atoms with Crippen molar-refractivity contribution >= 4 is 33.9 Å². The van der Waals surface area contributed by atoms with Crippen molar-refractivity contribution in [2.45, 2.75) is 6.04 Å². The van der Waals surface area contributed by atoms with Gasteiger partial charge in [0.15, 0.2) is 5.69 Å². The van der Waals surface area contributed by atoms with Crippen LogP contribution in [0.25, 0.3) is 10.6 Å². The van der Waals surface area contributed by atoms with Gasteiger partial charge in [-0.05, 0) is 24.3 Å². The van der Waals surface area contributed by atoms with Crippen LogP contribution < -0.4 is 16.0 Å². The minimum atomic E-state index is -0.629. The van der Waals surface area contributed by atoms with E-state index in [0.717, 1.165) is 43.3 Å². The molecule has 0 aliphatic carbocycles. The molecular weight excluding hydrogens is 482 g/mol. The minimum Gasteiger partial charge on any atom is -0.394 e. The zero-order valence-electron chi connectivity index (χ0n) is 19.8. The molecule has 0 saturated carbocycles. The number of aromatic nitrogens is 3. The van der Waals surface area contributed by atoms with E-state index in [9.17, 15) is 9.90 Å². The second-order valence-corrected chi connectivity index (χ2v) is 9.48. The van der Waals surface area contributed by atoms with Crippen LogP contribution in [0.1, 0.15) is 22.2 Å². The Kier molecular flexibility index (Phi) is 7.68. The molecule has 5 heterocycles. The first-order chi connectivity index (χ1) is 17.6. The van der Waals surface area contributed by atoms with E-state index >= 15 is 0 Å². The molecule has 4 N–H and O–H groups in total. The lowest BCUT2D eigenvalue weighted by molar-refractivity contribution is 0.00158. The summed E-state index contributed by atoms with van der Waals surface area (Å²) in [5, 5.41) is 14.4. The molecule has 2 saturated heterocycles. The van der Waals surface area contributed by atoms with Gasteiger partial charge in [-0.1, -0.05) is 17.4 Å². The molecule has 1 atom stereocenters. The molecule has 0 bridgehead atoms. The summed E-state index contributed by atoms with van der Waals surface area (Å²) in [4.78, 5) is 30.3. The van der Waals surface area contributed by atoms with Crippen molar-refractivity contribution in [1.82, 2.24) is 19.9 Å². The summed E-state index contributed by atoms with van der Waals surface area (Å²) in [6, 6.07) is 9.22. The van der Waals surface area contributed by atoms with E-state index in [1.165, 1.54) is 11.3 Å². The van der Waals surface area contributed by atoms with Gasteiger partial charge in [0.1, 0.15) is 21.6 Å². The van der Waals surface area contributed by atoms with Crippen molar-refractivity contribution in [3.63, 3.8) is 0 Å². The number of carbonyl (C=O) groups excluding carboxylic acids is 1. The fourth-order valence-electron chi connectivity index (χ4n) is 4.30. The molecule has 3 aromatic rings. The lowest BCUT2D eigenvalue weighted by atomic mass is 10.1. The minimum absolute atomic E-state index is 0.0544. The number of nitrogens with one attached hydrogen (secondary N) is 1. The molecule has 2 aliphatic heterocycles. The predicted molar refractivity (Wildman–Crippen MR) is 137 cm³/mol. The number of thiazole rings is 1. The Morgan fingerprint density at radius 2 is 1.83 bits per heavy atom. The maximum atomic E-state index is 12.2. The van der Waals surface area contributed by atoms with Crippen LogP contribution in [0.2, 0.25) is 0 Å². The number of hydrogen-bond acceptors (Lipinski definition) is 11. The number of nitrogens with two attached hydrogens (primary N) is 1. The molecule has 0 aromatic carbocycles. The Bertz CT molecular complexity index is 1180. The van der Waals surface area contributed by atoms with Crippen molar-refractivity contribution < 1.29 is 19.4 Å². The molecule has 11 nitrogen and oxygen atoms in total. The van der Waals surface area contributed by atoms with Gasteiger partial charge in [0.05, 0.1) is 44.8 Å². The summed E-state index contributed by atoms with van der Waals surface area (Å²) in [5.74, 6) is 0.792. The predicted octanol–water partition coefficient (Wildman–Crippen LogP) is 1.64. The third kappa shape index (κ3) is 5.47. The van der Waals surface area contributed by atoms with E-state index in [-0.39, 0.29) is 18.3 Å². The van der Waals surface area contributed by atoms with Crippen molar-refractivity contribution in [1.29, 1.82) is 0 Å². The average molecular weight is 512 g/mol. The van der Waals surface area contributed by atoms with Gasteiger partial charge in [0.25, 0.3) is 5.91 Å². The number of rotatable bonds is 8. The van der Waals surface area contributed by atoms with Crippen molar-refractivity contribution in [3.05, 3.63) is 47.9 Å². The smallest absolute Gasteiger partial charge is 0.270 e. The van der Waals surface area contributed by atoms with Crippen molar-refractivity contribution in [2.24, 2.45) is 5.73 Å². The number of amides is 1. The third-order valence-corrected chi connectivity index (χ3v) is 7.22. The number of pyridine rings is 2. The second-order valence-electron chi connectivity index (χ2n) is 8.48. The topological polar surface area (TPSA) is 139 Å². The Hall–Kier alpha value is -3.16. The molecule has 5 rings (SSSR count). The molecule has 2 aliphatic rings. The summed E-state index contributed by atoms with van der Waals surface area (Å²) in [5.41, 5.74) is 7.31. The first kappa shape index (κ1) is 24.5. The number of primary amides is 1. The average Bonchev–Trinajstić information content (AvgIpc) is 3.35. The van der Waals surface area contributed by atoms with Crippen LogP contribution in [0.3, 0.4) is 0 Å². The fraction of sp³-hybridized carbons (Fsp3) is 0.417. The van der Waals surface area contributed by atoms with Gasteiger partial charge in [-0.25, -0.2) is 15.0 Å². The highest BCUT2D eigenvalue weighted by atomic mass is 32.1. The number of ether oxygens (including phenoxy) is 2. The van der Waals surface area contributed by atoms with Gasteiger partial charge in [-0.2, -0.15) is 0 Å². The molecule has 36 heavy (non-hydrogen) atoms. The van der Waals surface area contributed by atoms with Crippen molar-refractivity contribution in [3.8, 4) is 10.6 Å². The van der Waals surface area contributed by atoms with Gasteiger partial charge in [-0.15, -0.1) is 0 Å². The summed E-state index contributed by atoms with van der Waals surface area (Å²) in [6.45, 7) is 5.64. The largest absolute Gasteiger partial charge is 0.394 e. The van der Waals surface area contributed by atoms with Gasteiger partial charge >= 0.3 is 0 Å². The number of anilines is 3. The first-order valence-corrected chi connectivity index (χ1v) is 12.7. The highest BCUT2D eigenvalue weighted by molar-refractivity contribution is 7.19. The van der Waals surface area contributed by atoms with Gasteiger partial charge < -0.3 is 30.5 Å². The second kappa shape index (κ2) is 11.3. The van der Waals surface area contributed by atoms with Crippen LogP contribution in [-0.4, -0.2) is 90.1 Å². The van der Waals surface area contributed by atoms with Crippen LogP contribution in [0.15, 0.2) is 36.5 Å². The summed E-state index contributed by atoms with van der Waals surface area (Å²) in [6.07, 6.45) is 1.76. The number of nitrogens with zero attached hydrogens (tertiary/aromatic N) is 5. The molecule has 0 spiro atoms. The van der Waals surface area contributed by atoms with E-state index < -0.39 is 5.91 Å². The molecule has 2 fully saturated rings. The SMILES string of the molecule is NC(=O)c1nc(-c2ccc(N3CCOCC3)nc2)sc1Nc1cccc(C(CO)N2CCOCC2)n1. The Morgan fingerprint density at radius 3 is 2.50 bits per heavy atom. The molecule has 12 heteroatoms. The highest BCUT2D eigenvalue weighted by Crippen LogP contribution is 2.34. The number of aliphatic hydroxyl groups is 1. The van der Waals surface area contributed by atoms with Crippen LogP contribution >= 0.6 is 11.3 Å². The van der Waals surface area contributed by atoms with Crippen LogP contribution in [0, 0.1) is 0 Å². The van der Waals surface area contributed by atoms with E-state index in [0.29, 0.717) is 42.3 Å². The Labute approximate surface area is 212 Å². The van der Waals surface area contributed by atoms with Crippen molar-refractivity contribution in [2.75, 3.05) is 69.4 Å². The molecule has 0 radical (unpaired) electrons. The molecular formula is C24H29N7O4S. The van der Waals surface area contributed by atoms with Gasteiger partial charge in [0.2, 0.25) is 0 Å². The number of aliphatic hydroxyl groups excluding tert-OH is 1.